The Morgan fingerprint density at radius 1 is 1.42 bits per heavy atom. The lowest BCUT2D eigenvalue weighted by molar-refractivity contribution is 0.0674. The molecule has 106 valence electrons. The maximum absolute atomic E-state index is 6.06. The zero-order valence-electron chi connectivity index (χ0n) is 10.3. The number of nitrogens with two attached hydrogens (primary N) is 1. The standard InChI is InChI=1S/C12H15ClIN3O.HI/c13-10-7-9(1-2-11(10)14)8-16-12(15)17-3-5-18-6-4-17;/h1-2,7H,3-6,8H2,(H2,15,16);1H. The summed E-state index contributed by atoms with van der Waals surface area (Å²) in [6.45, 7) is 3.60. The molecule has 1 aliphatic heterocycles. The first-order valence-corrected chi connectivity index (χ1v) is 7.19. The molecule has 1 heterocycles. The smallest absolute Gasteiger partial charge is 0.191 e. The molecule has 7 heteroatoms. The Labute approximate surface area is 148 Å². The van der Waals surface area contributed by atoms with Crippen LogP contribution in [-0.4, -0.2) is 37.2 Å². The number of hydrogen-bond acceptors (Lipinski definition) is 2. The van der Waals surface area contributed by atoms with E-state index in [0.717, 1.165) is 27.2 Å². The molecule has 0 saturated carbocycles. The molecule has 0 atom stereocenters. The van der Waals surface area contributed by atoms with Crippen molar-refractivity contribution in [3.05, 3.63) is 32.4 Å². The number of ether oxygens (including phenoxy) is 1. The third-order valence-electron chi connectivity index (χ3n) is 2.74. The number of hydrogen-bond donors (Lipinski definition) is 1. The van der Waals surface area contributed by atoms with E-state index in [1.165, 1.54) is 0 Å². The molecule has 1 fully saturated rings. The van der Waals surface area contributed by atoms with Crippen molar-refractivity contribution < 1.29 is 4.74 Å². The first-order valence-electron chi connectivity index (χ1n) is 5.73. The summed E-state index contributed by atoms with van der Waals surface area (Å²) in [7, 11) is 0. The molecule has 4 nitrogen and oxygen atoms in total. The second kappa shape index (κ2) is 8.48. The number of benzene rings is 1. The van der Waals surface area contributed by atoms with Gasteiger partial charge in [0, 0.05) is 16.7 Å². The van der Waals surface area contributed by atoms with Crippen molar-refractivity contribution in [3.63, 3.8) is 0 Å². The quantitative estimate of drug-likeness (QED) is 0.381. The van der Waals surface area contributed by atoms with Gasteiger partial charge in [-0.2, -0.15) is 0 Å². The lowest BCUT2D eigenvalue weighted by Gasteiger charge is -2.27. The van der Waals surface area contributed by atoms with Crippen LogP contribution < -0.4 is 5.73 Å². The Hall–Kier alpha value is 0.200. The number of morpholine rings is 1. The van der Waals surface area contributed by atoms with Crippen LogP contribution in [0.25, 0.3) is 0 Å². The van der Waals surface area contributed by atoms with Gasteiger partial charge >= 0.3 is 0 Å². The van der Waals surface area contributed by atoms with Crippen LogP contribution >= 0.6 is 58.2 Å². The van der Waals surface area contributed by atoms with Gasteiger partial charge in [0.25, 0.3) is 0 Å². The summed E-state index contributed by atoms with van der Waals surface area (Å²) in [6, 6.07) is 5.93. The van der Waals surface area contributed by atoms with Crippen LogP contribution in [-0.2, 0) is 11.3 Å². The monoisotopic (exact) mass is 507 g/mol. The molecule has 0 radical (unpaired) electrons. The second-order valence-corrected chi connectivity index (χ2v) is 5.59. The maximum atomic E-state index is 6.06. The SMILES string of the molecule is I.NC(=NCc1ccc(I)c(Cl)c1)N1CCOCC1. The van der Waals surface area contributed by atoms with Crippen molar-refractivity contribution in [2.75, 3.05) is 26.3 Å². The second-order valence-electron chi connectivity index (χ2n) is 4.02. The van der Waals surface area contributed by atoms with Crippen molar-refractivity contribution >= 4 is 64.1 Å². The Morgan fingerprint density at radius 3 is 2.74 bits per heavy atom. The fourth-order valence-electron chi connectivity index (χ4n) is 1.70. The summed E-state index contributed by atoms with van der Waals surface area (Å²) >= 11 is 8.27. The van der Waals surface area contributed by atoms with Crippen molar-refractivity contribution in [3.8, 4) is 0 Å². The predicted molar refractivity (Wildman–Crippen MR) is 97.3 cm³/mol. The van der Waals surface area contributed by atoms with Crippen molar-refractivity contribution in [2.45, 2.75) is 6.54 Å². The van der Waals surface area contributed by atoms with Gasteiger partial charge in [0.15, 0.2) is 5.96 Å². The fraction of sp³-hybridized carbons (Fsp3) is 0.417. The molecule has 0 bridgehead atoms. The normalized spacial score (nSPS) is 16.1. The molecule has 0 unspecified atom stereocenters. The van der Waals surface area contributed by atoms with Crippen molar-refractivity contribution in [1.82, 2.24) is 4.90 Å². The highest BCUT2D eigenvalue weighted by atomic mass is 127. The van der Waals surface area contributed by atoms with Gasteiger partial charge in [0.1, 0.15) is 0 Å². The maximum Gasteiger partial charge on any atom is 0.191 e. The first-order chi connectivity index (χ1) is 8.66. The van der Waals surface area contributed by atoms with Gasteiger partial charge in [-0.15, -0.1) is 24.0 Å². The van der Waals surface area contributed by atoms with E-state index in [9.17, 15) is 0 Å². The molecule has 2 rings (SSSR count). The molecule has 1 aliphatic rings. The summed E-state index contributed by atoms with van der Waals surface area (Å²) < 4.78 is 6.32. The van der Waals surface area contributed by atoms with Gasteiger partial charge in [0.05, 0.1) is 24.8 Å². The van der Waals surface area contributed by atoms with Crippen molar-refractivity contribution in [1.29, 1.82) is 0 Å². The topological polar surface area (TPSA) is 50.8 Å². The number of nitrogens with zero attached hydrogens (tertiary/aromatic N) is 2. The summed E-state index contributed by atoms with van der Waals surface area (Å²) in [5, 5.41) is 0.758. The largest absolute Gasteiger partial charge is 0.378 e. The zero-order valence-corrected chi connectivity index (χ0v) is 15.6. The Balaban J connectivity index is 0.00000180. The molecule has 1 aromatic carbocycles. The molecular formula is C12H16ClI2N3O. The molecule has 0 aliphatic carbocycles. The lowest BCUT2D eigenvalue weighted by Crippen LogP contribution is -2.44. The van der Waals surface area contributed by atoms with Gasteiger partial charge in [0.2, 0.25) is 0 Å². The highest BCUT2D eigenvalue weighted by molar-refractivity contribution is 14.1. The average molecular weight is 508 g/mol. The van der Waals surface area contributed by atoms with E-state index in [1.807, 2.05) is 23.1 Å². The van der Waals surface area contributed by atoms with E-state index in [2.05, 4.69) is 27.6 Å². The number of aliphatic imine (C=N–C) groups is 1. The van der Waals surface area contributed by atoms with E-state index in [-0.39, 0.29) is 24.0 Å². The van der Waals surface area contributed by atoms with E-state index in [1.54, 1.807) is 0 Å². The summed E-state index contributed by atoms with van der Waals surface area (Å²) in [4.78, 5) is 6.43. The Morgan fingerprint density at radius 2 is 2.11 bits per heavy atom. The summed E-state index contributed by atoms with van der Waals surface area (Å²) in [5.41, 5.74) is 7.02. The van der Waals surface area contributed by atoms with E-state index >= 15 is 0 Å². The van der Waals surface area contributed by atoms with Gasteiger partial charge in [-0.1, -0.05) is 17.7 Å². The molecule has 1 saturated heterocycles. The van der Waals surface area contributed by atoms with Crippen LogP contribution in [0.15, 0.2) is 23.2 Å². The highest BCUT2D eigenvalue weighted by Crippen LogP contribution is 2.19. The predicted octanol–water partition coefficient (Wildman–Crippen LogP) is 2.71. The van der Waals surface area contributed by atoms with Crippen molar-refractivity contribution in [2.24, 2.45) is 10.7 Å². The molecule has 2 N–H and O–H groups in total. The molecule has 19 heavy (non-hydrogen) atoms. The van der Waals surface area contributed by atoms with Crippen LogP contribution in [0.3, 0.4) is 0 Å². The first kappa shape index (κ1) is 17.3. The minimum Gasteiger partial charge on any atom is -0.378 e. The zero-order chi connectivity index (χ0) is 13.0. The third-order valence-corrected chi connectivity index (χ3v) is 4.31. The van der Waals surface area contributed by atoms with Gasteiger partial charge in [-0.05, 0) is 40.3 Å². The summed E-state index contributed by atoms with van der Waals surface area (Å²) in [6.07, 6.45) is 0. The molecule has 0 amide bonds. The molecule has 0 aromatic heterocycles. The van der Waals surface area contributed by atoms with Gasteiger partial charge < -0.3 is 15.4 Å². The van der Waals surface area contributed by atoms with Crippen LogP contribution in [0.2, 0.25) is 5.02 Å². The Bertz CT molecular complexity index is 451. The molecule has 0 spiro atoms. The van der Waals surface area contributed by atoms with Gasteiger partial charge in [-0.3, -0.25) is 0 Å². The summed E-state index contributed by atoms with van der Waals surface area (Å²) in [5.74, 6) is 0.577. The van der Waals surface area contributed by atoms with Crippen LogP contribution in [0.4, 0.5) is 0 Å². The van der Waals surface area contributed by atoms with Crippen LogP contribution in [0.5, 0.6) is 0 Å². The fourth-order valence-corrected chi connectivity index (χ4v) is 2.24. The van der Waals surface area contributed by atoms with E-state index < -0.39 is 0 Å². The highest BCUT2D eigenvalue weighted by Gasteiger charge is 2.11. The molecular weight excluding hydrogens is 491 g/mol. The van der Waals surface area contributed by atoms with E-state index in [0.29, 0.717) is 25.7 Å². The Kier molecular flexibility index (Phi) is 7.70. The lowest BCUT2D eigenvalue weighted by atomic mass is 10.2. The minimum atomic E-state index is 0. The molecule has 1 aromatic rings. The minimum absolute atomic E-state index is 0. The number of halogens is 3. The van der Waals surface area contributed by atoms with Crippen LogP contribution in [0.1, 0.15) is 5.56 Å². The number of rotatable bonds is 2. The van der Waals surface area contributed by atoms with Gasteiger partial charge in [-0.25, -0.2) is 4.99 Å². The average Bonchev–Trinajstić information content (AvgIpc) is 2.41. The van der Waals surface area contributed by atoms with E-state index in [4.69, 9.17) is 22.1 Å². The van der Waals surface area contributed by atoms with Crippen LogP contribution in [0, 0.1) is 3.57 Å². The number of guanidine groups is 1. The third kappa shape index (κ3) is 5.24.